The van der Waals surface area contributed by atoms with Crippen LogP contribution in [0.3, 0.4) is 0 Å². The number of aliphatic carboxylic acids is 1. The minimum absolute atomic E-state index is 0.124. The van der Waals surface area contributed by atoms with Gasteiger partial charge in [0.15, 0.2) is 0 Å². The second-order valence-electron chi connectivity index (χ2n) is 2.25. The van der Waals surface area contributed by atoms with E-state index >= 15 is 0 Å². The van der Waals surface area contributed by atoms with Gasteiger partial charge in [0.25, 0.3) is 0 Å². The molecule has 0 aliphatic rings. The first-order valence-corrected chi connectivity index (χ1v) is 4.28. The average Bonchev–Trinajstić information content (AvgIpc) is 2.17. The Morgan fingerprint density at radius 2 is 2.42 bits per heavy atom. The van der Waals surface area contributed by atoms with Gasteiger partial charge in [0, 0.05) is 7.05 Å². The zero-order valence-corrected chi connectivity index (χ0v) is 8.55. The molecule has 1 aromatic rings. The summed E-state index contributed by atoms with van der Waals surface area (Å²) in [6, 6.07) is 0. The fraction of sp³-hybridized carbons (Fsp3) is 0.333. The lowest BCUT2D eigenvalue weighted by Crippen LogP contribution is -2.01. The first kappa shape index (κ1) is 9.54. The first-order valence-electron chi connectivity index (χ1n) is 3.11. The van der Waals surface area contributed by atoms with Gasteiger partial charge in [0.05, 0.1) is 16.6 Å². The van der Waals surface area contributed by atoms with Crippen LogP contribution in [0.2, 0.25) is 5.15 Å². The van der Waals surface area contributed by atoms with E-state index in [1.807, 2.05) is 0 Å². The van der Waals surface area contributed by atoms with E-state index in [1.54, 1.807) is 7.05 Å². The van der Waals surface area contributed by atoms with Crippen molar-refractivity contribution in [2.45, 2.75) is 6.42 Å². The molecule has 0 saturated heterocycles. The van der Waals surface area contributed by atoms with Crippen LogP contribution in [0.5, 0.6) is 0 Å². The van der Waals surface area contributed by atoms with Crippen molar-refractivity contribution in [1.29, 1.82) is 0 Å². The molecule has 0 spiro atoms. The highest BCUT2D eigenvalue weighted by Gasteiger charge is 2.13. The summed E-state index contributed by atoms with van der Waals surface area (Å²) in [5.74, 6) is -0.925. The molecule has 0 aromatic carbocycles. The third-order valence-electron chi connectivity index (χ3n) is 1.31. The average molecular weight is 253 g/mol. The molecular weight excluding hydrogens is 247 g/mol. The van der Waals surface area contributed by atoms with Crippen LogP contribution in [0, 0.1) is 0 Å². The zero-order chi connectivity index (χ0) is 9.30. The molecule has 1 rings (SSSR count). The number of rotatable bonds is 2. The highest BCUT2D eigenvalue weighted by molar-refractivity contribution is 9.10. The highest BCUT2D eigenvalue weighted by Crippen LogP contribution is 2.25. The lowest BCUT2D eigenvalue weighted by molar-refractivity contribution is -0.136. The lowest BCUT2D eigenvalue weighted by Gasteiger charge is -1.88. The third-order valence-corrected chi connectivity index (χ3v) is 2.80. The van der Waals surface area contributed by atoms with Crippen molar-refractivity contribution in [1.82, 2.24) is 9.78 Å². The van der Waals surface area contributed by atoms with Crippen molar-refractivity contribution in [3.63, 3.8) is 0 Å². The highest BCUT2D eigenvalue weighted by atomic mass is 79.9. The normalized spacial score (nSPS) is 10.2. The fourth-order valence-corrected chi connectivity index (χ4v) is 1.41. The molecule has 66 valence electrons. The maximum Gasteiger partial charge on any atom is 0.309 e. The summed E-state index contributed by atoms with van der Waals surface area (Å²) in [6.07, 6.45) is -0.124. The summed E-state index contributed by atoms with van der Waals surface area (Å²) < 4.78 is 1.97. The lowest BCUT2D eigenvalue weighted by atomic mass is 10.3. The Morgan fingerprint density at radius 3 is 2.75 bits per heavy atom. The molecule has 0 unspecified atom stereocenters. The Hall–Kier alpha value is -0.550. The van der Waals surface area contributed by atoms with Gasteiger partial charge in [0.1, 0.15) is 5.15 Å². The van der Waals surface area contributed by atoms with Gasteiger partial charge >= 0.3 is 5.97 Å². The smallest absolute Gasteiger partial charge is 0.309 e. The van der Waals surface area contributed by atoms with Gasteiger partial charge in [-0.1, -0.05) is 11.6 Å². The summed E-state index contributed by atoms with van der Waals surface area (Å²) in [5, 5.41) is 12.8. The molecule has 0 aliphatic heterocycles. The first-order chi connectivity index (χ1) is 5.52. The number of hydrogen-bond donors (Lipinski definition) is 1. The molecule has 0 saturated carbocycles. The summed E-state index contributed by atoms with van der Waals surface area (Å²) in [6.45, 7) is 0. The Kier molecular flexibility index (Phi) is 2.74. The standard InChI is InChI=1S/C6H6BrClN2O2/c1-10-6(8)5(7)3(9-10)2-4(11)12/h2H2,1H3,(H,11,12). The van der Waals surface area contributed by atoms with Crippen molar-refractivity contribution < 1.29 is 9.90 Å². The second kappa shape index (κ2) is 3.45. The van der Waals surface area contributed by atoms with Gasteiger partial charge in [0.2, 0.25) is 0 Å². The number of aryl methyl sites for hydroxylation is 1. The SMILES string of the molecule is Cn1nc(CC(=O)O)c(Br)c1Cl. The number of aromatic nitrogens is 2. The summed E-state index contributed by atoms with van der Waals surface area (Å²) in [5.41, 5.74) is 0.440. The molecule has 6 heteroatoms. The minimum atomic E-state index is -0.925. The Labute approximate surface area is 82.3 Å². The van der Waals surface area contributed by atoms with Crippen LogP contribution in [-0.4, -0.2) is 20.9 Å². The van der Waals surface area contributed by atoms with Gasteiger partial charge < -0.3 is 5.11 Å². The monoisotopic (exact) mass is 252 g/mol. The van der Waals surface area contributed by atoms with Crippen LogP contribution in [-0.2, 0) is 18.3 Å². The van der Waals surface area contributed by atoms with Crippen LogP contribution in [0.1, 0.15) is 5.69 Å². The predicted octanol–water partition coefficient (Wildman–Crippen LogP) is 1.46. The topological polar surface area (TPSA) is 55.1 Å². The number of nitrogens with zero attached hydrogens (tertiary/aromatic N) is 2. The van der Waals surface area contributed by atoms with Gasteiger partial charge in [-0.2, -0.15) is 5.10 Å². The van der Waals surface area contributed by atoms with Crippen LogP contribution in [0.25, 0.3) is 0 Å². The molecule has 0 amide bonds. The van der Waals surface area contributed by atoms with Crippen molar-refractivity contribution in [2.24, 2.45) is 7.05 Å². The van der Waals surface area contributed by atoms with E-state index in [0.29, 0.717) is 15.3 Å². The van der Waals surface area contributed by atoms with E-state index in [-0.39, 0.29) is 6.42 Å². The Bertz CT molecular complexity index is 324. The Balaban J connectivity index is 3.01. The molecule has 1 heterocycles. The Morgan fingerprint density at radius 1 is 1.83 bits per heavy atom. The summed E-state index contributed by atoms with van der Waals surface area (Å²) >= 11 is 8.89. The van der Waals surface area contributed by atoms with Crippen molar-refractivity contribution in [3.05, 3.63) is 15.3 Å². The van der Waals surface area contributed by atoms with E-state index in [0.717, 1.165) is 0 Å². The zero-order valence-electron chi connectivity index (χ0n) is 6.21. The number of halogens is 2. The van der Waals surface area contributed by atoms with Gasteiger partial charge in [-0.25, -0.2) is 0 Å². The molecule has 0 radical (unpaired) electrons. The number of carboxylic acids is 1. The third kappa shape index (κ3) is 1.78. The fourth-order valence-electron chi connectivity index (χ4n) is 0.786. The van der Waals surface area contributed by atoms with E-state index in [4.69, 9.17) is 16.7 Å². The molecule has 0 aliphatic carbocycles. The van der Waals surface area contributed by atoms with E-state index in [9.17, 15) is 4.79 Å². The van der Waals surface area contributed by atoms with Gasteiger partial charge in [-0.15, -0.1) is 0 Å². The van der Waals surface area contributed by atoms with Crippen molar-refractivity contribution >= 4 is 33.5 Å². The molecule has 4 nitrogen and oxygen atoms in total. The number of carboxylic acid groups (broad SMARTS) is 1. The van der Waals surface area contributed by atoms with Crippen LogP contribution in [0.15, 0.2) is 4.47 Å². The molecule has 1 aromatic heterocycles. The summed E-state index contributed by atoms with van der Waals surface area (Å²) in [7, 11) is 1.65. The molecule has 0 bridgehead atoms. The van der Waals surface area contributed by atoms with Crippen molar-refractivity contribution in [3.8, 4) is 0 Å². The van der Waals surface area contributed by atoms with E-state index in [2.05, 4.69) is 21.0 Å². The van der Waals surface area contributed by atoms with Crippen LogP contribution >= 0.6 is 27.5 Å². The minimum Gasteiger partial charge on any atom is -0.481 e. The van der Waals surface area contributed by atoms with E-state index < -0.39 is 5.97 Å². The van der Waals surface area contributed by atoms with Gasteiger partial charge in [-0.3, -0.25) is 9.48 Å². The molecule has 12 heavy (non-hydrogen) atoms. The quantitative estimate of drug-likeness (QED) is 0.868. The summed E-state index contributed by atoms with van der Waals surface area (Å²) in [4.78, 5) is 10.3. The maximum absolute atomic E-state index is 10.3. The molecule has 0 atom stereocenters. The van der Waals surface area contributed by atoms with Crippen molar-refractivity contribution in [2.75, 3.05) is 0 Å². The largest absolute Gasteiger partial charge is 0.481 e. The molecule has 1 N–H and O–H groups in total. The van der Waals surface area contributed by atoms with E-state index in [1.165, 1.54) is 4.68 Å². The van der Waals surface area contributed by atoms with Crippen LogP contribution in [0.4, 0.5) is 0 Å². The second-order valence-corrected chi connectivity index (χ2v) is 3.40. The molecular formula is C6H6BrClN2O2. The number of carbonyl (C=O) groups is 1. The predicted molar refractivity (Wildman–Crippen MR) is 47.3 cm³/mol. The number of hydrogen-bond acceptors (Lipinski definition) is 2. The molecule has 0 fully saturated rings. The maximum atomic E-state index is 10.3. The van der Waals surface area contributed by atoms with Crippen LogP contribution < -0.4 is 0 Å². The van der Waals surface area contributed by atoms with Gasteiger partial charge in [-0.05, 0) is 15.9 Å².